The van der Waals surface area contributed by atoms with Gasteiger partial charge in [-0.2, -0.15) is 0 Å². The van der Waals surface area contributed by atoms with Crippen molar-refractivity contribution in [3.05, 3.63) is 12.7 Å². The quantitative estimate of drug-likeness (QED) is 0.551. The third-order valence-electron chi connectivity index (χ3n) is 3.35. The summed E-state index contributed by atoms with van der Waals surface area (Å²) in [6.07, 6.45) is 5.34. The van der Waals surface area contributed by atoms with Gasteiger partial charge in [0.25, 0.3) is 0 Å². The minimum absolute atomic E-state index is 0.105. The van der Waals surface area contributed by atoms with Crippen LogP contribution in [0.15, 0.2) is 12.7 Å². The summed E-state index contributed by atoms with van der Waals surface area (Å²) in [5.41, 5.74) is 0. The van der Waals surface area contributed by atoms with Crippen molar-refractivity contribution in [2.24, 2.45) is 11.8 Å². The van der Waals surface area contributed by atoms with Crippen molar-refractivity contribution in [1.82, 2.24) is 10.6 Å². The number of carbonyl (C=O) groups is 1. The third-order valence-corrected chi connectivity index (χ3v) is 3.35. The van der Waals surface area contributed by atoms with Crippen LogP contribution in [-0.2, 0) is 4.79 Å². The molecule has 1 amide bonds. The van der Waals surface area contributed by atoms with Gasteiger partial charge in [0.15, 0.2) is 0 Å². The van der Waals surface area contributed by atoms with E-state index in [1.165, 1.54) is 12.8 Å². The van der Waals surface area contributed by atoms with Crippen LogP contribution in [0, 0.1) is 11.8 Å². The Labute approximate surface area is 98.7 Å². The molecule has 3 heteroatoms. The predicted molar refractivity (Wildman–Crippen MR) is 67.2 cm³/mol. The highest BCUT2D eigenvalue weighted by Gasteiger charge is 2.26. The van der Waals surface area contributed by atoms with Crippen LogP contribution in [-0.4, -0.2) is 25.0 Å². The van der Waals surface area contributed by atoms with Crippen LogP contribution >= 0.6 is 0 Å². The highest BCUT2D eigenvalue weighted by molar-refractivity contribution is 5.78. The minimum atomic E-state index is 0.105. The Morgan fingerprint density at radius 2 is 2.19 bits per heavy atom. The zero-order chi connectivity index (χ0) is 12.0. The molecule has 1 aliphatic carbocycles. The molecule has 3 nitrogen and oxygen atoms in total. The fourth-order valence-corrected chi connectivity index (χ4v) is 2.43. The van der Waals surface area contributed by atoms with Gasteiger partial charge in [-0.15, -0.1) is 6.58 Å². The molecule has 0 heterocycles. The van der Waals surface area contributed by atoms with E-state index in [0.29, 0.717) is 25.0 Å². The van der Waals surface area contributed by atoms with E-state index in [4.69, 9.17) is 0 Å². The average Bonchev–Trinajstić information content (AvgIpc) is 2.23. The van der Waals surface area contributed by atoms with Crippen molar-refractivity contribution in [1.29, 1.82) is 0 Å². The molecule has 92 valence electrons. The summed E-state index contributed by atoms with van der Waals surface area (Å²) in [5, 5.41) is 6.13. The predicted octanol–water partition coefficient (Wildman–Crippen LogP) is 1.70. The first-order chi connectivity index (χ1) is 7.63. The Bertz CT molecular complexity index is 240. The van der Waals surface area contributed by atoms with Crippen molar-refractivity contribution < 1.29 is 4.79 Å². The molecule has 3 unspecified atom stereocenters. The van der Waals surface area contributed by atoms with Crippen molar-refractivity contribution in [3.63, 3.8) is 0 Å². The largest absolute Gasteiger partial charge is 0.352 e. The average molecular weight is 224 g/mol. The third kappa shape index (κ3) is 4.35. The molecule has 1 rings (SSSR count). The Morgan fingerprint density at radius 3 is 2.81 bits per heavy atom. The lowest BCUT2D eigenvalue weighted by Gasteiger charge is -2.33. The molecular weight excluding hydrogens is 200 g/mol. The second kappa shape index (κ2) is 6.69. The van der Waals surface area contributed by atoms with Crippen molar-refractivity contribution in [2.75, 3.05) is 13.1 Å². The summed E-state index contributed by atoms with van der Waals surface area (Å²) in [5.74, 6) is 1.52. The Hall–Kier alpha value is -0.830. The lowest BCUT2D eigenvalue weighted by molar-refractivity contribution is -0.121. The number of hydrogen-bond acceptors (Lipinski definition) is 2. The van der Waals surface area contributed by atoms with E-state index in [1.807, 2.05) is 0 Å². The molecule has 0 aliphatic heterocycles. The molecule has 0 saturated heterocycles. The SMILES string of the molecule is C=CCNCC(=O)NC1CCC(C)CC1C. The number of hydrogen-bond donors (Lipinski definition) is 2. The first kappa shape index (κ1) is 13.2. The molecule has 0 radical (unpaired) electrons. The second-order valence-electron chi connectivity index (χ2n) is 4.99. The van der Waals surface area contributed by atoms with Gasteiger partial charge in [0.2, 0.25) is 5.91 Å². The van der Waals surface area contributed by atoms with Crippen LogP contribution in [0.3, 0.4) is 0 Å². The van der Waals surface area contributed by atoms with Gasteiger partial charge in [-0.05, 0) is 31.1 Å². The van der Waals surface area contributed by atoms with Crippen molar-refractivity contribution in [2.45, 2.75) is 39.2 Å². The maximum absolute atomic E-state index is 11.6. The highest BCUT2D eigenvalue weighted by atomic mass is 16.1. The van der Waals surface area contributed by atoms with E-state index < -0.39 is 0 Å². The zero-order valence-electron chi connectivity index (χ0n) is 10.5. The Kier molecular flexibility index (Phi) is 5.53. The van der Waals surface area contributed by atoms with Gasteiger partial charge < -0.3 is 10.6 Å². The van der Waals surface area contributed by atoms with Gasteiger partial charge in [-0.25, -0.2) is 0 Å². The Balaban J connectivity index is 2.25. The van der Waals surface area contributed by atoms with Crippen molar-refractivity contribution >= 4 is 5.91 Å². The van der Waals surface area contributed by atoms with E-state index in [0.717, 1.165) is 12.3 Å². The lowest BCUT2D eigenvalue weighted by Crippen LogP contribution is -2.45. The summed E-state index contributed by atoms with van der Waals surface area (Å²) in [7, 11) is 0. The molecule has 2 N–H and O–H groups in total. The minimum Gasteiger partial charge on any atom is -0.352 e. The monoisotopic (exact) mass is 224 g/mol. The van der Waals surface area contributed by atoms with E-state index >= 15 is 0 Å². The molecule has 0 bridgehead atoms. The van der Waals surface area contributed by atoms with Crippen LogP contribution < -0.4 is 10.6 Å². The maximum Gasteiger partial charge on any atom is 0.234 e. The molecule has 16 heavy (non-hydrogen) atoms. The topological polar surface area (TPSA) is 41.1 Å². The van der Waals surface area contributed by atoms with Crippen LogP contribution in [0.4, 0.5) is 0 Å². The molecule has 0 aromatic heterocycles. The zero-order valence-corrected chi connectivity index (χ0v) is 10.5. The van der Waals surface area contributed by atoms with Crippen LogP contribution in [0.1, 0.15) is 33.1 Å². The van der Waals surface area contributed by atoms with Crippen LogP contribution in [0.5, 0.6) is 0 Å². The lowest BCUT2D eigenvalue weighted by atomic mass is 9.80. The summed E-state index contributed by atoms with van der Waals surface area (Å²) >= 11 is 0. The van der Waals surface area contributed by atoms with Gasteiger partial charge in [-0.3, -0.25) is 4.79 Å². The molecule has 1 saturated carbocycles. The molecule has 1 aliphatic rings. The standard InChI is InChI=1S/C13H24N2O/c1-4-7-14-9-13(16)15-12-6-5-10(2)8-11(12)3/h4,10-12,14H,1,5-9H2,2-3H3,(H,15,16). The fourth-order valence-electron chi connectivity index (χ4n) is 2.43. The van der Waals surface area contributed by atoms with Gasteiger partial charge in [0.1, 0.15) is 0 Å². The first-order valence-electron chi connectivity index (χ1n) is 6.24. The van der Waals surface area contributed by atoms with Gasteiger partial charge in [0, 0.05) is 12.6 Å². The van der Waals surface area contributed by atoms with E-state index in [-0.39, 0.29) is 5.91 Å². The molecule has 0 spiro atoms. The number of rotatable bonds is 5. The molecular formula is C13H24N2O. The van der Waals surface area contributed by atoms with Gasteiger partial charge in [-0.1, -0.05) is 19.9 Å². The maximum atomic E-state index is 11.6. The normalized spacial score (nSPS) is 29.8. The second-order valence-corrected chi connectivity index (χ2v) is 4.99. The van der Waals surface area contributed by atoms with Crippen molar-refractivity contribution in [3.8, 4) is 0 Å². The van der Waals surface area contributed by atoms with Gasteiger partial charge >= 0.3 is 0 Å². The summed E-state index contributed by atoms with van der Waals surface area (Å²) in [6, 6.07) is 0.370. The van der Waals surface area contributed by atoms with Crippen LogP contribution in [0.25, 0.3) is 0 Å². The van der Waals surface area contributed by atoms with E-state index in [9.17, 15) is 4.79 Å². The summed E-state index contributed by atoms with van der Waals surface area (Å²) in [4.78, 5) is 11.6. The number of nitrogens with one attached hydrogen (secondary N) is 2. The molecule has 1 fully saturated rings. The highest BCUT2D eigenvalue weighted by Crippen LogP contribution is 2.28. The Morgan fingerprint density at radius 1 is 1.44 bits per heavy atom. The molecule has 0 aromatic carbocycles. The molecule has 0 aromatic rings. The van der Waals surface area contributed by atoms with Crippen LogP contribution in [0.2, 0.25) is 0 Å². The number of carbonyl (C=O) groups excluding carboxylic acids is 1. The first-order valence-corrected chi connectivity index (χ1v) is 6.24. The molecule has 3 atom stereocenters. The fraction of sp³-hybridized carbons (Fsp3) is 0.769. The number of amides is 1. The van der Waals surface area contributed by atoms with E-state index in [1.54, 1.807) is 6.08 Å². The van der Waals surface area contributed by atoms with Gasteiger partial charge in [0.05, 0.1) is 6.54 Å². The van der Waals surface area contributed by atoms with E-state index in [2.05, 4.69) is 31.1 Å². The smallest absolute Gasteiger partial charge is 0.234 e. The summed E-state index contributed by atoms with van der Waals surface area (Å²) < 4.78 is 0. The summed E-state index contributed by atoms with van der Waals surface area (Å²) in [6.45, 7) is 9.20.